The van der Waals surface area contributed by atoms with Gasteiger partial charge in [0.1, 0.15) is 17.4 Å². The summed E-state index contributed by atoms with van der Waals surface area (Å²) >= 11 is 0. The van der Waals surface area contributed by atoms with Crippen molar-refractivity contribution in [1.82, 2.24) is 24.8 Å². The lowest BCUT2D eigenvalue weighted by Crippen LogP contribution is -2.51. The van der Waals surface area contributed by atoms with Gasteiger partial charge in [-0.15, -0.1) is 0 Å². The number of rotatable bonds is 4. The van der Waals surface area contributed by atoms with Crippen molar-refractivity contribution in [2.45, 2.75) is 44.1 Å². The Morgan fingerprint density at radius 1 is 1.06 bits per heavy atom. The van der Waals surface area contributed by atoms with E-state index in [1.54, 1.807) is 35.2 Å². The Labute approximate surface area is 187 Å². The lowest BCUT2D eigenvalue weighted by Gasteiger charge is -2.34. The zero-order chi connectivity index (χ0) is 23.4. The summed E-state index contributed by atoms with van der Waals surface area (Å²) in [7, 11) is 0. The van der Waals surface area contributed by atoms with Crippen molar-refractivity contribution in [2.75, 3.05) is 6.54 Å². The summed E-state index contributed by atoms with van der Waals surface area (Å²) in [5.74, 6) is -3.87. The summed E-state index contributed by atoms with van der Waals surface area (Å²) in [5, 5.41) is 2.55. The molecular formula is C23H21F2N5O3. The predicted octanol–water partition coefficient (Wildman–Crippen LogP) is 3.41. The van der Waals surface area contributed by atoms with Gasteiger partial charge in [0.2, 0.25) is 5.92 Å². The molecule has 2 aliphatic rings. The van der Waals surface area contributed by atoms with Gasteiger partial charge in [0.15, 0.2) is 11.4 Å². The van der Waals surface area contributed by atoms with Gasteiger partial charge in [0.25, 0.3) is 5.91 Å². The third-order valence-corrected chi connectivity index (χ3v) is 6.38. The number of carbonyl (C=O) groups is 3. The number of amides is 3. The molecule has 1 N–H and O–H groups in total. The normalized spacial score (nSPS) is 19.3. The first kappa shape index (κ1) is 21.2. The largest absolute Gasteiger partial charge is 0.325 e. The fourth-order valence-corrected chi connectivity index (χ4v) is 4.42. The van der Waals surface area contributed by atoms with Crippen LogP contribution in [0.15, 0.2) is 42.7 Å². The van der Waals surface area contributed by atoms with Crippen LogP contribution < -0.4 is 5.32 Å². The standard InChI is InChI=1S/C23H21F2N5O3/c1-14-2-7-17-19(27-14)30(13-26-17)16-5-3-15(4-6-16)18(31)12-29-20(32)22(28-21(29)33)8-10-23(24,25)11-9-22/h2-7,13H,8-12H2,1H3,(H,28,33). The lowest BCUT2D eigenvalue weighted by atomic mass is 9.80. The van der Waals surface area contributed by atoms with Crippen molar-refractivity contribution in [3.63, 3.8) is 0 Å². The highest BCUT2D eigenvalue weighted by Gasteiger charge is 2.55. The van der Waals surface area contributed by atoms with Crippen molar-refractivity contribution in [3.8, 4) is 5.69 Å². The number of benzene rings is 1. The van der Waals surface area contributed by atoms with Crippen LogP contribution in [0.4, 0.5) is 13.6 Å². The molecule has 3 amide bonds. The number of nitrogens with one attached hydrogen (secondary N) is 1. The molecule has 0 radical (unpaired) electrons. The zero-order valence-electron chi connectivity index (χ0n) is 17.8. The van der Waals surface area contributed by atoms with E-state index in [9.17, 15) is 23.2 Å². The smallest absolute Gasteiger partial charge is 0.323 e. The number of imidazole rings is 1. The topological polar surface area (TPSA) is 97.2 Å². The summed E-state index contributed by atoms with van der Waals surface area (Å²) in [6, 6.07) is 9.71. The SMILES string of the molecule is Cc1ccc2ncn(-c3ccc(C(=O)CN4C(=O)NC5(CCC(F)(F)CC5)C4=O)cc3)c2n1. The maximum Gasteiger partial charge on any atom is 0.325 e. The van der Waals surface area contributed by atoms with Crippen LogP contribution in [0.2, 0.25) is 0 Å². The summed E-state index contributed by atoms with van der Waals surface area (Å²) in [6.07, 6.45) is 0.417. The van der Waals surface area contributed by atoms with E-state index in [2.05, 4.69) is 15.3 Å². The van der Waals surface area contributed by atoms with Gasteiger partial charge in [-0.05, 0) is 56.2 Å². The molecule has 0 atom stereocenters. The molecule has 3 heterocycles. The van der Waals surface area contributed by atoms with E-state index in [4.69, 9.17) is 0 Å². The molecular weight excluding hydrogens is 432 g/mol. The van der Waals surface area contributed by atoms with E-state index in [-0.39, 0.29) is 12.8 Å². The highest BCUT2D eigenvalue weighted by molar-refractivity contribution is 6.11. The summed E-state index contributed by atoms with van der Waals surface area (Å²) in [4.78, 5) is 47.7. The first-order chi connectivity index (χ1) is 15.7. The Balaban J connectivity index is 1.32. The Kier molecular flexibility index (Phi) is 4.77. The van der Waals surface area contributed by atoms with Crippen LogP contribution >= 0.6 is 0 Å². The van der Waals surface area contributed by atoms with Crippen LogP contribution in [0.1, 0.15) is 41.7 Å². The Hall–Kier alpha value is -3.69. The Bertz CT molecular complexity index is 1270. The van der Waals surface area contributed by atoms with Crippen LogP contribution in [0.25, 0.3) is 16.9 Å². The van der Waals surface area contributed by atoms with E-state index >= 15 is 0 Å². The number of Topliss-reactive ketones (excluding diaryl/α,β-unsaturated/α-hetero) is 1. The van der Waals surface area contributed by atoms with Crippen molar-refractivity contribution in [1.29, 1.82) is 0 Å². The van der Waals surface area contributed by atoms with Gasteiger partial charge in [-0.3, -0.25) is 19.1 Å². The highest BCUT2D eigenvalue weighted by atomic mass is 19.3. The number of nitrogens with zero attached hydrogens (tertiary/aromatic N) is 4. The quantitative estimate of drug-likeness (QED) is 0.482. The number of alkyl halides is 2. The summed E-state index contributed by atoms with van der Waals surface area (Å²) < 4.78 is 28.9. The maximum absolute atomic E-state index is 13.5. The third-order valence-electron chi connectivity index (χ3n) is 6.38. The van der Waals surface area contributed by atoms with Gasteiger partial charge in [-0.25, -0.2) is 23.5 Å². The lowest BCUT2D eigenvalue weighted by molar-refractivity contribution is -0.135. The summed E-state index contributed by atoms with van der Waals surface area (Å²) in [5.41, 5.74) is 2.03. The van der Waals surface area contributed by atoms with E-state index in [0.717, 1.165) is 21.8 Å². The number of urea groups is 1. The molecule has 2 fully saturated rings. The van der Waals surface area contributed by atoms with Gasteiger partial charge in [0.05, 0.1) is 6.54 Å². The first-order valence-electron chi connectivity index (χ1n) is 10.6. The molecule has 1 spiro atoms. The van der Waals surface area contributed by atoms with Crippen LogP contribution in [-0.2, 0) is 4.79 Å². The minimum Gasteiger partial charge on any atom is -0.323 e. The van der Waals surface area contributed by atoms with Crippen LogP contribution in [0, 0.1) is 6.92 Å². The average molecular weight is 453 g/mol. The molecule has 8 nitrogen and oxygen atoms in total. The highest BCUT2D eigenvalue weighted by Crippen LogP contribution is 2.41. The third kappa shape index (κ3) is 3.65. The van der Waals surface area contributed by atoms with Crippen LogP contribution in [0.3, 0.4) is 0 Å². The number of hydrogen-bond donors (Lipinski definition) is 1. The van der Waals surface area contributed by atoms with Gasteiger partial charge in [-0.2, -0.15) is 0 Å². The number of aromatic nitrogens is 3. The average Bonchev–Trinajstić information content (AvgIpc) is 3.30. The number of hydrogen-bond acceptors (Lipinski definition) is 5. The molecule has 1 saturated carbocycles. The molecule has 33 heavy (non-hydrogen) atoms. The number of aryl methyl sites for hydroxylation is 1. The van der Waals surface area contributed by atoms with Crippen molar-refractivity contribution >= 4 is 28.9 Å². The number of carbonyl (C=O) groups excluding carboxylic acids is 3. The van der Waals surface area contributed by atoms with Gasteiger partial charge in [0, 0.05) is 29.8 Å². The second kappa shape index (κ2) is 7.43. The molecule has 5 rings (SSSR count). The fraction of sp³-hybridized carbons (Fsp3) is 0.348. The van der Waals surface area contributed by atoms with Crippen molar-refractivity contribution in [3.05, 3.63) is 54.0 Å². The number of fused-ring (bicyclic) bond motifs is 1. The zero-order valence-corrected chi connectivity index (χ0v) is 17.8. The van der Waals surface area contributed by atoms with Crippen molar-refractivity contribution in [2.24, 2.45) is 0 Å². The molecule has 1 saturated heterocycles. The molecule has 2 aromatic heterocycles. The molecule has 170 valence electrons. The molecule has 0 unspecified atom stereocenters. The molecule has 10 heteroatoms. The van der Waals surface area contributed by atoms with Gasteiger partial charge >= 0.3 is 6.03 Å². The fourth-order valence-electron chi connectivity index (χ4n) is 4.42. The number of imide groups is 1. The number of halogens is 2. The Morgan fingerprint density at radius 2 is 1.76 bits per heavy atom. The van der Waals surface area contributed by atoms with Crippen LogP contribution in [0.5, 0.6) is 0 Å². The van der Waals surface area contributed by atoms with E-state index in [0.29, 0.717) is 11.2 Å². The van der Waals surface area contributed by atoms with Crippen LogP contribution in [-0.4, -0.2) is 55.2 Å². The van der Waals surface area contributed by atoms with Gasteiger partial charge in [-0.1, -0.05) is 0 Å². The molecule has 0 bridgehead atoms. The Morgan fingerprint density at radius 3 is 2.45 bits per heavy atom. The van der Waals surface area contributed by atoms with E-state index in [1.165, 1.54) is 0 Å². The van der Waals surface area contributed by atoms with Gasteiger partial charge < -0.3 is 5.32 Å². The minimum atomic E-state index is -2.84. The van der Waals surface area contributed by atoms with Crippen molar-refractivity contribution < 1.29 is 23.2 Å². The minimum absolute atomic E-state index is 0.143. The summed E-state index contributed by atoms with van der Waals surface area (Å²) in [6.45, 7) is 1.44. The monoisotopic (exact) mass is 453 g/mol. The van der Waals surface area contributed by atoms with E-state index < -0.39 is 48.6 Å². The maximum atomic E-state index is 13.5. The molecule has 1 aliphatic carbocycles. The predicted molar refractivity (Wildman–Crippen MR) is 114 cm³/mol. The second-order valence-corrected chi connectivity index (χ2v) is 8.64. The second-order valence-electron chi connectivity index (χ2n) is 8.64. The number of ketones is 1. The molecule has 1 aliphatic heterocycles. The number of pyridine rings is 1. The van der Waals surface area contributed by atoms with E-state index in [1.807, 2.05) is 19.1 Å². The first-order valence-corrected chi connectivity index (χ1v) is 10.6. The molecule has 1 aromatic carbocycles. The molecule has 3 aromatic rings.